The van der Waals surface area contributed by atoms with E-state index in [2.05, 4.69) is 6.58 Å². The van der Waals surface area contributed by atoms with E-state index in [1.54, 1.807) is 24.3 Å². The van der Waals surface area contributed by atoms with E-state index in [1.165, 1.54) is 13.8 Å². The third kappa shape index (κ3) is 3.38. The molecular weight excluding hydrogens is 208 g/mol. The summed E-state index contributed by atoms with van der Waals surface area (Å²) in [6, 6.07) is 0. The number of ether oxygens (including phenoxy) is 2. The Hall–Kier alpha value is -1.84. The van der Waals surface area contributed by atoms with E-state index in [9.17, 15) is 9.59 Å². The normalized spacial score (nSPS) is 15.9. The zero-order valence-electron chi connectivity index (χ0n) is 9.30. The van der Waals surface area contributed by atoms with Gasteiger partial charge in [0.1, 0.15) is 0 Å². The van der Waals surface area contributed by atoms with Crippen LogP contribution in [0.4, 0.5) is 0 Å². The van der Waals surface area contributed by atoms with Crippen LogP contribution in [0.2, 0.25) is 0 Å². The zero-order chi connectivity index (χ0) is 12.1. The quantitative estimate of drug-likeness (QED) is 0.413. The monoisotopic (exact) mass is 222 g/mol. The van der Waals surface area contributed by atoms with Crippen LogP contribution in [-0.2, 0) is 19.1 Å². The third-order valence-electron chi connectivity index (χ3n) is 1.92. The summed E-state index contributed by atoms with van der Waals surface area (Å²) in [5, 5.41) is 0. The van der Waals surface area contributed by atoms with Crippen molar-refractivity contribution in [2.45, 2.75) is 20.1 Å². The maximum absolute atomic E-state index is 11.5. The Kier molecular flexibility index (Phi) is 4.05. The van der Waals surface area contributed by atoms with Gasteiger partial charge in [0.2, 0.25) is 6.29 Å². The lowest BCUT2D eigenvalue weighted by Gasteiger charge is -2.15. The summed E-state index contributed by atoms with van der Waals surface area (Å²) in [6.45, 7) is 6.44. The summed E-state index contributed by atoms with van der Waals surface area (Å²) in [5.74, 6) is -1.39. The van der Waals surface area contributed by atoms with Crippen molar-refractivity contribution in [2.24, 2.45) is 5.92 Å². The molecule has 0 N–H and O–H groups in total. The smallest absolute Gasteiger partial charge is 0.336 e. The molecule has 0 bridgehead atoms. The minimum Gasteiger partial charge on any atom is -0.425 e. The van der Waals surface area contributed by atoms with Gasteiger partial charge < -0.3 is 9.47 Å². The van der Waals surface area contributed by atoms with Gasteiger partial charge in [0, 0.05) is 12.5 Å². The molecule has 0 aliphatic heterocycles. The fraction of sp³-hybridized carbons (Fsp3) is 0.333. The van der Waals surface area contributed by atoms with Crippen LogP contribution in [0.15, 0.2) is 36.5 Å². The molecule has 4 heteroatoms. The lowest BCUT2D eigenvalue weighted by atomic mass is 10.2. The highest BCUT2D eigenvalue weighted by Crippen LogP contribution is 2.12. The van der Waals surface area contributed by atoms with Crippen LogP contribution in [0, 0.1) is 5.92 Å². The summed E-state index contributed by atoms with van der Waals surface area (Å²) in [7, 11) is 0. The molecule has 1 aliphatic rings. The standard InChI is InChI=1S/C12H14O4/c1-8(2)11(13)15-9(3)16-12(14)10-6-4-5-7-10/h4-7,9-10H,1H2,2-3H3. The minimum absolute atomic E-state index is 0.267. The average Bonchev–Trinajstić information content (AvgIpc) is 2.69. The van der Waals surface area contributed by atoms with Crippen molar-refractivity contribution in [3.63, 3.8) is 0 Å². The van der Waals surface area contributed by atoms with Gasteiger partial charge in [-0.05, 0) is 6.92 Å². The first kappa shape index (κ1) is 12.2. The zero-order valence-corrected chi connectivity index (χ0v) is 9.30. The van der Waals surface area contributed by atoms with E-state index in [0.717, 1.165) is 0 Å². The van der Waals surface area contributed by atoms with E-state index in [4.69, 9.17) is 9.47 Å². The lowest BCUT2D eigenvalue weighted by Crippen LogP contribution is -2.24. The summed E-state index contributed by atoms with van der Waals surface area (Å²) in [5.41, 5.74) is 0.267. The molecule has 0 saturated carbocycles. The first-order valence-corrected chi connectivity index (χ1v) is 4.92. The van der Waals surface area contributed by atoms with Crippen LogP contribution >= 0.6 is 0 Å². The van der Waals surface area contributed by atoms with Crippen molar-refractivity contribution >= 4 is 11.9 Å². The molecule has 0 aromatic heterocycles. The number of carbonyl (C=O) groups is 2. The lowest BCUT2D eigenvalue weighted by molar-refractivity contribution is -0.182. The van der Waals surface area contributed by atoms with Crippen molar-refractivity contribution in [2.75, 3.05) is 0 Å². The first-order valence-electron chi connectivity index (χ1n) is 4.92. The largest absolute Gasteiger partial charge is 0.425 e. The van der Waals surface area contributed by atoms with E-state index < -0.39 is 18.2 Å². The van der Waals surface area contributed by atoms with Crippen molar-refractivity contribution < 1.29 is 19.1 Å². The van der Waals surface area contributed by atoms with Crippen LogP contribution < -0.4 is 0 Å². The summed E-state index contributed by atoms with van der Waals surface area (Å²) >= 11 is 0. The molecule has 86 valence electrons. The molecule has 0 aromatic carbocycles. The van der Waals surface area contributed by atoms with E-state index in [0.29, 0.717) is 0 Å². The van der Waals surface area contributed by atoms with E-state index >= 15 is 0 Å². The highest BCUT2D eigenvalue weighted by molar-refractivity contribution is 5.87. The highest BCUT2D eigenvalue weighted by Gasteiger charge is 2.20. The van der Waals surface area contributed by atoms with Crippen LogP contribution in [0.1, 0.15) is 13.8 Å². The van der Waals surface area contributed by atoms with Crippen LogP contribution in [0.3, 0.4) is 0 Å². The van der Waals surface area contributed by atoms with Crippen molar-refractivity contribution in [3.05, 3.63) is 36.5 Å². The second kappa shape index (κ2) is 5.30. The summed E-state index contributed by atoms with van der Waals surface area (Å²) < 4.78 is 9.74. The number of allylic oxidation sites excluding steroid dienone is 2. The molecular formula is C12H14O4. The molecule has 0 heterocycles. The van der Waals surface area contributed by atoms with Crippen molar-refractivity contribution in [1.29, 1.82) is 0 Å². The van der Waals surface area contributed by atoms with Gasteiger partial charge >= 0.3 is 11.9 Å². The van der Waals surface area contributed by atoms with Crippen molar-refractivity contribution in [3.8, 4) is 0 Å². The number of hydrogen-bond acceptors (Lipinski definition) is 4. The summed E-state index contributed by atoms with van der Waals surface area (Å²) in [6.07, 6.45) is 6.03. The summed E-state index contributed by atoms with van der Waals surface area (Å²) in [4.78, 5) is 22.6. The second-order valence-electron chi connectivity index (χ2n) is 3.49. The Labute approximate surface area is 94.2 Å². The number of rotatable bonds is 4. The SMILES string of the molecule is C=C(C)C(=O)OC(C)OC(=O)C1C=CC=C1. The Morgan fingerprint density at radius 1 is 1.25 bits per heavy atom. The van der Waals surface area contributed by atoms with E-state index in [1.807, 2.05) is 0 Å². The maximum atomic E-state index is 11.5. The molecule has 1 atom stereocenters. The van der Waals surface area contributed by atoms with Gasteiger partial charge in [-0.1, -0.05) is 30.9 Å². The van der Waals surface area contributed by atoms with E-state index in [-0.39, 0.29) is 11.5 Å². The number of esters is 2. The molecule has 1 unspecified atom stereocenters. The maximum Gasteiger partial charge on any atom is 0.336 e. The van der Waals surface area contributed by atoms with Gasteiger partial charge in [-0.3, -0.25) is 4.79 Å². The fourth-order valence-corrected chi connectivity index (χ4v) is 1.11. The van der Waals surface area contributed by atoms with Gasteiger partial charge in [0.25, 0.3) is 0 Å². The molecule has 0 saturated heterocycles. The van der Waals surface area contributed by atoms with Gasteiger partial charge in [-0.2, -0.15) is 0 Å². The van der Waals surface area contributed by atoms with Gasteiger partial charge in [-0.25, -0.2) is 4.79 Å². The Bertz CT molecular complexity index is 353. The predicted octanol–water partition coefficient (Wildman–Crippen LogP) is 1.74. The van der Waals surface area contributed by atoms with Crippen LogP contribution in [0.25, 0.3) is 0 Å². The molecule has 4 nitrogen and oxygen atoms in total. The molecule has 0 spiro atoms. The van der Waals surface area contributed by atoms with Gasteiger partial charge in [0.05, 0.1) is 5.92 Å². The molecule has 16 heavy (non-hydrogen) atoms. The van der Waals surface area contributed by atoms with Crippen LogP contribution in [-0.4, -0.2) is 18.2 Å². The van der Waals surface area contributed by atoms with Gasteiger partial charge in [-0.15, -0.1) is 0 Å². The minimum atomic E-state index is -0.904. The Morgan fingerprint density at radius 2 is 1.81 bits per heavy atom. The van der Waals surface area contributed by atoms with Crippen LogP contribution in [0.5, 0.6) is 0 Å². The molecule has 0 aromatic rings. The molecule has 0 radical (unpaired) electrons. The molecule has 1 rings (SSSR count). The second-order valence-corrected chi connectivity index (χ2v) is 3.49. The van der Waals surface area contributed by atoms with Gasteiger partial charge in [0.15, 0.2) is 0 Å². The van der Waals surface area contributed by atoms with Crippen molar-refractivity contribution in [1.82, 2.24) is 0 Å². The fourth-order valence-electron chi connectivity index (χ4n) is 1.11. The first-order chi connectivity index (χ1) is 7.50. The third-order valence-corrected chi connectivity index (χ3v) is 1.92. The highest BCUT2D eigenvalue weighted by atomic mass is 16.7. The topological polar surface area (TPSA) is 52.6 Å². The predicted molar refractivity (Wildman–Crippen MR) is 58.2 cm³/mol. The number of hydrogen-bond donors (Lipinski definition) is 0. The molecule has 0 fully saturated rings. The molecule has 0 amide bonds. The average molecular weight is 222 g/mol. The Morgan fingerprint density at radius 3 is 2.31 bits per heavy atom. The Balaban J connectivity index is 2.39. The molecule has 1 aliphatic carbocycles. The number of carbonyl (C=O) groups excluding carboxylic acids is 2.